The van der Waals surface area contributed by atoms with Crippen LogP contribution in [0.3, 0.4) is 0 Å². The maximum absolute atomic E-state index is 12.5. The first-order valence-corrected chi connectivity index (χ1v) is 7.22. The summed E-state index contributed by atoms with van der Waals surface area (Å²) in [7, 11) is 1.77. The monoisotopic (exact) mass is 254 g/mol. The number of nitrogens with one attached hydrogen (secondary N) is 1. The van der Waals surface area contributed by atoms with E-state index in [1.807, 2.05) is 0 Å². The third kappa shape index (κ3) is 2.86. The van der Waals surface area contributed by atoms with Crippen LogP contribution in [0.4, 0.5) is 0 Å². The van der Waals surface area contributed by atoms with E-state index in [9.17, 15) is 4.79 Å². The van der Waals surface area contributed by atoms with Crippen LogP contribution in [-0.4, -0.2) is 48.7 Å². The minimum atomic E-state index is 0.0110. The predicted molar refractivity (Wildman–Crippen MR) is 71.4 cm³/mol. The number of piperidine rings is 1. The molecule has 18 heavy (non-hydrogen) atoms. The van der Waals surface area contributed by atoms with Crippen LogP contribution >= 0.6 is 0 Å². The zero-order valence-corrected chi connectivity index (χ0v) is 11.8. The van der Waals surface area contributed by atoms with E-state index in [0.29, 0.717) is 12.1 Å². The van der Waals surface area contributed by atoms with E-state index in [1.54, 1.807) is 7.11 Å². The van der Waals surface area contributed by atoms with Crippen molar-refractivity contribution in [2.24, 2.45) is 0 Å². The smallest absolute Gasteiger partial charge is 0.240 e. The molecule has 1 saturated carbocycles. The first-order chi connectivity index (χ1) is 8.63. The van der Waals surface area contributed by atoms with Crippen molar-refractivity contribution in [1.82, 2.24) is 10.2 Å². The van der Waals surface area contributed by atoms with Crippen molar-refractivity contribution in [2.45, 2.75) is 70.2 Å². The van der Waals surface area contributed by atoms with E-state index in [-0.39, 0.29) is 18.1 Å². The molecule has 2 rings (SSSR count). The highest BCUT2D eigenvalue weighted by Crippen LogP contribution is 2.29. The van der Waals surface area contributed by atoms with E-state index >= 15 is 0 Å². The summed E-state index contributed by atoms with van der Waals surface area (Å²) >= 11 is 0. The minimum Gasteiger partial charge on any atom is -0.379 e. The van der Waals surface area contributed by atoms with E-state index < -0.39 is 0 Å². The fraction of sp³-hybridized carbons (Fsp3) is 0.929. The van der Waals surface area contributed by atoms with Crippen molar-refractivity contribution in [3.63, 3.8) is 0 Å². The van der Waals surface area contributed by atoms with Crippen molar-refractivity contribution in [2.75, 3.05) is 13.7 Å². The topological polar surface area (TPSA) is 41.6 Å². The van der Waals surface area contributed by atoms with E-state index in [1.165, 1.54) is 6.42 Å². The second-order valence-electron chi connectivity index (χ2n) is 5.82. The quantitative estimate of drug-likeness (QED) is 0.827. The fourth-order valence-electron chi connectivity index (χ4n) is 3.32. The Labute approximate surface area is 110 Å². The van der Waals surface area contributed by atoms with Gasteiger partial charge in [-0.2, -0.15) is 0 Å². The number of likely N-dealkylation sites (tertiary alicyclic amines) is 1. The van der Waals surface area contributed by atoms with Gasteiger partial charge in [-0.15, -0.1) is 0 Å². The molecule has 2 aliphatic rings. The number of hydrogen-bond acceptors (Lipinski definition) is 3. The Hall–Kier alpha value is -0.610. The molecule has 0 aromatic rings. The molecule has 0 bridgehead atoms. The normalized spacial score (nSPS) is 33.4. The number of amides is 1. The van der Waals surface area contributed by atoms with Crippen molar-refractivity contribution < 1.29 is 9.53 Å². The molecule has 4 heteroatoms. The van der Waals surface area contributed by atoms with Gasteiger partial charge in [0.1, 0.15) is 0 Å². The van der Waals surface area contributed by atoms with E-state index in [2.05, 4.69) is 24.1 Å². The molecule has 0 radical (unpaired) electrons. The highest BCUT2D eigenvalue weighted by atomic mass is 16.5. The van der Waals surface area contributed by atoms with Gasteiger partial charge in [-0.25, -0.2) is 0 Å². The molecule has 1 aliphatic heterocycles. The number of nitrogens with zero attached hydrogens (tertiary/aromatic N) is 1. The van der Waals surface area contributed by atoms with Gasteiger partial charge in [0.25, 0.3) is 0 Å². The number of ether oxygens (including phenoxy) is 1. The molecule has 1 heterocycles. The molecular formula is C14H26N2O2. The van der Waals surface area contributed by atoms with Gasteiger partial charge in [0.2, 0.25) is 5.91 Å². The van der Waals surface area contributed by atoms with Gasteiger partial charge >= 0.3 is 0 Å². The van der Waals surface area contributed by atoms with Gasteiger partial charge in [0.05, 0.1) is 18.2 Å². The summed E-state index contributed by atoms with van der Waals surface area (Å²) in [4.78, 5) is 14.6. The second kappa shape index (κ2) is 6.02. The molecule has 1 N–H and O–H groups in total. The molecule has 1 amide bonds. The summed E-state index contributed by atoms with van der Waals surface area (Å²) in [6, 6.07) is 0.678. The van der Waals surface area contributed by atoms with Crippen molar-refractivity contribution in [3.05, 3.63) is 0 Å². The molecule has 0 aromatic carbocycles. The Morgan fingerprint density at radius 1 is 1.28 bits per heavy atom. The van der Waals surface area contributed by atoms with Gasteiger partial charge in [-0.1, -0.05) is 13.8 Å². The lowest BCUT2D eigenvalue weighted by Crippen LogP contribution is -2.57. The Morgan fingerprint density at radius 2 is 2.06 bits per heavy atom. The molecule has 0 aromatic heterocycles. The molecule has 3 atom stereocenters. The number of rotatable bonds is 4. The molecule has 4 nitrogen and oxygen atoms in total. The highest BCUT2D eigenvalue weighted by molar-refractivity contribution is 5.83. The second-order valence-corrected chi connectivity index (χ2v) is 5.82. The molecular weight excluding hydrogens is 228 g/mol. The third-order valence-corrected chi connectivity index (χ3v) is 4.13. The van der Waals surface area contributed by atoms with Gasteiger partial charge in [-0.3, -0.25) is 4.79 Å². The molecule has 1 saturated heterocycles. The zero-order chi connectivity index (χ0) is 13.1. The number of hydrogen-bond donors (Lipinski definition) is 1. The number of carbonyl (C=O) groups is 1. The lowest BCUT2D eigenvalue weighted by Gasteiger charge is -2.39. The molecule has 104 valence electrons. The lowest BCUT2D eigenvalue weighted by atomic mass is 10.0. The van der Waals surface area contributed by atoms with Gasteiger partial charge in [-0.05, 0) is 32.1 Å². The number of methoxy groups -OCH3 is 1. The Bertz CT molecular complexity index is 294. The Kier molecular flexibility index (Phi) is 4.62. The van der Waals surface area contributed by atoms with Crippen LogP contribution < -0.4 is 5.32 Å². The standard InChI is InChI=1S/C14H26N2O2/c1-10(2)15-11-6-5-9-16(14(11)17)12-7-4-8-13(12)18-3/h10-13,15H,4-9H2,1-3H3. The summed E-state index contributed by atoms with van der Waals surface area (Å²) in [5.74, 6) is 0.281. The highest BCUT2D eigenvalue weighted by Gasteiger charge is 2.39. The van der Waals surface area contributed by atoms with Crippen LogP contribution in [0.1, 0.15) is 46.0 Å². The maximum atomic E-state index is 12.5. The van der Waals surface area contributed by atoms with Gasteiger partial charge < -0.3 is 15.0 Å². The molecule has 3 unspecified atom stereocenters. The molecule has 1 aliphatic carbocycles. The maximum Gasteiger partial charge on any atom is 0.240 e. The third-order valence-electron chi connectivity index (χ3n) is 4.13. The summed E-state index contributed by atoms with van der Waals surface area (Å²) in [5, 5.41) is 3.39. The van der Waals surface area contributed by atoms with Crippen LogP contribution in [0, 0.1) is 0 Å². The summed E-state index contributed by atoms with van der Waals surface area (Å²) in [5.41, 5.74) is 0. The largest absolute Gasteiger partial charge is 0.379 e. The van der Waals surface area contributed by atoms with Crippen molar-refractivity contribution >= 4 is 5.91 Å². The average molecular weight is 254 g/mol. The van der Waals surface area contributed by atoms with Gasteiger partial charge in [0.15, 0.2) is 0 Å². The zero-order valence-electron chi connectivity index (χ0n) is 11.8. The van der Waals surface area contributed by atoms with Crippen LogP contribution in [0.5, 0.6) is 0 Å². The average Bonchev–Trinajstić information content (AvgIpc) is 2.79. The Balaban J connectivity index is 2.01. The SMILES string of the molecule is COC1CCCC1N1CCCC(NC(C)C)C1=O. The predicted octanol–water partition coefficient (Wildman–Crippen LogP) is 1.54. The molecule has 2 fully saturated rings. The minimum absolute atomic E-state index is 0.0110. The van der Waals surface area contributed by atoms with E-state index in [4.69, 9.17) is 4.74 Å². The summed E-state index contributed by atoms with van der Waals surface area (Å²) < 4.78 is 5.53. The Morgan fingerprint density at radius 3 is 2.72 bits per heavy atom. The van der Waals surface area contributed by atoms with Crippen molar-refractivity contribution in [1.29, 1.82) is 0 Å². The van der Waals surface area contributed by atoms with Crippen LogP contribution in [0.2, 0.25) is 0 Å². The first kappa shape index (κ1) is 13.8. The van der Waals surface area contributed by atoms with E-state index in [0.717, 1.165) is 32.2 Å². The van der Waals surface area contributed by atoms with Crippen molar-refractivity contribution in [3.8, 4) is 0 Å². The van der Waals surface area contributed by atoms with Crippen LogP contribution in [0.25, 0.3) is 0 Å². The van der Waals surface area contributed by atoms with Crippen LogP contribution in [0.15, 0.2) is 0 Å². The summed E-state index contributed by atoms with van der Waals surface area (Å²) in [6.07, 6.45) is 5.67. The van der Waals surface area contributed by atoms with Crippen LogP contribution in [-0.2, 0) is 9.53 Å². The lowest BCUT2D eigenvalue weighted by molar-refractivity contribution is -0.141. The van der Waals surface area contributed by atoms with Gasteiger partial charge in [0, 0.05) is 19.7 Å². The first-order valence-electron chi connectivity index (χ1n) is 7.22. The summed E-state index contributed by atoms with van der Waals surface area (Å²) in [6.45, 7) is 5.10. The fourth-order valence-corrected chi connectivity index (χ4v) is 3.32. The number of carbonyl (C=O) groups excluding carboxylic acids is 1. The molecule has 0 spiro atoms.